The zero-order chi connectivity index (χ0) is 17.3. The van der Waals surface area contributed by atoms with E-state index in [9.17, 15) is 14.7 Å². The Bertz CT molecular complexity index is 957. The third kappa shape index (κ3) is 3.12. The Morgan fingerprint density at radius 3 is 2.50 bits per heavy atom. The number of ketones is 1. The molecule has 3 rings (SSSR count). The lowest BCUT2D eigenvalue weighted by molar-refractivity contribution is -0.117. The molecule has 0 bridgehead atoms. The van der Waals surface area contributed by atoms with Gasteiger partial charge in [0, 0.05) is 16.8 Å². The van der Waals surface area contributed by atoms with Gasteiger partial charge in [0.2, 0.25) is 0 Å². The lowest BCUT2D eigenvalue weighted by atomic mass is 9.87. The summed E-state index contributed by atoms with van der Waals surface area (Å²) in [5, 5.41) is 11.1. The summed E-state index contributed by atoms with van der Waals surface area (Å²) in [5.41, 5.74) is 0.582. The van der Waals surface area contributed by atoms with Crippen LogP contribution in [0.25, 0.3) is 11.0 Å². The maximum atomic E-state index is 12.5. The number of benzene rings is 2. The Balaban J connectivity index is 2.24. The van der Waals surface area contributed by atoms with Crippen LogP contribution in [-0.4, -0.2) is 10.9 Å². The molecule has 0 aliphatic heterocycles. The lowest BCUT2D eigenvalue weighted by Crippen LogP contribution is -2.16. The highest BCUT2D eigenvalue weighted by molar-refractivity contribution is 9.10. The summed E-state index contributed by atoms with van der Waals surface area (Å²) in [6.07, 6.45) is 0.109. The van der Waals surface area contributed by atoms with Crippen molar-refractivity contribution >= 4 is 32.7 Å². The molecule has 0 spiro atoms. The highest BCUT2D eigenvalue weighted by atomic mass is 79.9. The third-order valence-corrected chi connectivity index (χ3v) is 4.46. The second-order valence-corrected chi connectivity index (χ2v) is 6.57. The monoisotopic (exact) mass is 386 g/mol. The smallest absolute Gasteiger partial charge is 0.343 e. The number of carbonyl (C=O) groups is 1. The molecule has 0 amide bonds. The molecule has 24 heavy (non-hydrogen) atoms. The van der Waals surface area contributed by atoms with E-state index in [0.717, 1.165) is 10.0 Å². The van der Waals surface area contributed by atoms with Crippen molar-refractivity contribution in [2.24, 2.45) is 0 Å². The molecule has 1 N–H and O–H groups in total. The van der Waals surface area contributed by atoms with Crippen LogP contribution in [-0.2, 0) is 4.79 Å². The van der Waals surface area contributed by atoms with Crippen LogP contribution in [0.3, 0.4) is 0 Å². The number of para-hydroxylation sites is 1. The molecule has 0 fully saturated rings. The maximum absolute atomic E-state index is 12.5. The van der Waals surface area contributed by atoms with E-state index < -0.39 is 11.5 Å². The van der Waals surface area contributed by atoms with Crippen molar-refractivity contribution in [1.82, 2.24) is 0 Å². The molecule has 5 heteroatoms. The molecule has 0 radical (unpaired) electrons. The molecule has 1 atom stereocenters. The van der Waals surface area contributed by atoms with Gasteiger partial charge in [0.25, 0.3) is 0 Å². The van der Waals surface area contributed by atoms with E-state index in [1.165, 1.54) is 6.92 Å². The van der Waals surface area contributed by atoms with Crippen LogP contribution in [0, 0.1) is 0 Å². The van der Waals surface area contributed by atoms with E-state index in [1.807, 2.05) is 24.3 Å². The van der Waals surface area contributed by atoms with Gasteiger partial charge in [-0.2, -0.15) is 0 Å². The molecular weight excluding hydrogens is 372 g/mol. The van der Waals surface area contributed by atoms with Crippen LogP contribution in [0.4, 0.5) is 0 Å². The average molecular weight is 387 g/mol. The highest BCUT2D eigenvalue weighted by Gasteiger charge is 2.25. The summed E-state index contributed by atoms with van der Waals surface area (Å²) in [4.78, 5) is 24.2. The zero-order valence-electron chi connectivity index (χ0n) is 13.0. The van der Waals surface area contributed by atoms with Gasteiger partial charge in [-0.3, -0.25) is 4.79 Å². The number of halogens is 1. The van der Waals surface area contributed by atoms with Crippen molar-refractivity contribution in [3.63, 3.8) is 0 Å². The normalized spacial score (nSPS) is 12.2. The molecule has 1 heterocycles. The Morgan fingerprint density at radius 2 is 1.83 bits per heavy atom. The minimum absolute atomic E-state index is 0.0742. The summed E-state index contributed by atoms with van der Waals surface area (Å²) in [6, 6.07) is 14.1. The van der Waals surface area contributed by atoms with Crippen molar-refractivity contribution in [3.8, 4) is 5.75 Å². The molecule has 1 aromatic heterocycles. The minimum Gasteiger partial charge on any atom is -0.507 e. The predicted octanol–water partition coefficient (Wildman–Crippen LogP) is 4.37. The number of fused-ring (bicyclic) bond motifs is 1. The van der Waals surface area contributed by atoms with Crippen molar-refractivity contribution in [3.05, 3.63) is 74.6 Å². The molecule has 0 aliphatic rings. The maximum Gasteiger partial charge on any atom is 0.343 e. The van der Waals surface area contributed by atoms with E-state index in [4.69, 9.17) is 4.42 Å². The van der Waals surface area contributed by atoms with Crippen molar-refractivity contribution in [2.75, 3.05) is 0 Å². The molecule has 2 aromatic carbocycles. The van der Waals surface area contributed by atoms with Gasteiger partial charge in [0.15, 0.2) is 0 Å². The average Bonchev–Trinajstić information content (AvgIpc) is 2.54. The van der Waals surface area contributed by atoms with Gasteiger partial charge >= 0.3 is 5.63 Å². The molecule has 3 aromatic rings. The van der Waals surface area contributed by atoms with Crippen molar-refractivity contribution < 1.29 is 14.3 Å². The van der Waals surface area contributed by atoms with Crippen LogP contribution < -0.4 is 5.63 Å². The summed E-state index contributed by atoms with van der Waals surface area (Å²) < 4.78 is 6.24. The molecule has 0 aliphatic carbocycles. The first-order chi connectivity index (χ1) is 11.5. The van der Waals surface area contributed by atoms with Crippen LogP contribution in [0.5, 0.6) is 5.75 Å². The van der Waals surface area contributed by atoms with Gasteiger partial charge in [0.05, 0.1) is 10.9 Å². The summed E-state index contributed by atoms with van der Waals surface area (Å²) >= 11 is 3.37. The summed E-state index contributed by atoms with van der Waals surface area (Å²) in [5.74, 6) is -0.762. The number of aromatic hydroxyl groups is 1. The quantitative estimate of drug-likeness (QED) is 0.675. The van der Waals surface area contributed by atoms with Gasteiger partial charge < -0.3 is 9.52 Å². The number of hydrogen-bond donors (Lipinski definition) is 1. The van der Waals surface area contributed by atoms with E-state index in [2.05, 4.69) is 15.9 Å². The highest BCUT2D eigenvalue weighted by Crippen LogP contribution is 2.36. The Kier molecular flexibility index (Phi) is 4.53. The standard InChI is InChI=1S/C19H15BrO4/c1-11(21)10-15(12-6-8-13(20)9-7-12)17-18(22)14-4-2-3-5-16(14)24-19(17)23/h2-9,15,22H,10H2,1H3/t15-/m1/s1. The second kappa shape index (κ2) is 6.61. The van der Waals surface area contributed by atoms with Crippen LogP contribution in [0.15, 0.2) is 62.2 Å². The number of rotatable bonds is 4. The fraction of sp³-hybridized carbons (Fsp3) is 0.158. The Labute approximate surface area is 146 Å². The van der Waals surface area contributed by atoms with E-state index in [-0.39, 0.29) is 23.5 Å². The SMILES string of the molecule is CC(=O)C[C@H](c1ccc(Br)cc1)c1c(O)c2ccccc2oc1=O. The summed E-state index contributed by atoms with van der Waals surface area (Å²) in [7, 11) is 0. The zero-order valence-corrected chi connectivity index (χ0v) is 14.5. The molecule has 0 unspecified atom stereocenters. The van der Waals surface area contributed by atoms with E-state index in [1.54, 1.807) is 24.3 Å². The predicted molar refractivity (Wildman–Crippen MR) is 95.4 cm³/mol. The van der Waals surface area contributed by atoms with Gasteiger partial charge in [-0.25, -0.2) is 4.79 Å². The lowest BCUT2D eigenvalue weighted by Gasteiger charge is -2.17. The van der Waals surface area contributed by atoms with Crippen molar-refractivity contribution in [1.29, 1.82) is 0 Å². The van der Waals surface area contributed by atoms with Crippen LogP contribution in [0.2, 0.25) is 0 Å². The largest absolute Gasteiger partial charge is 0.507 e. The van der Waals surface area contributed by atoms with Crippen LogP contribution >= 0.6 is 15.9 Å². The number of carbonyl (C=O) groups excluding carboxylic acids is 1. The van der Waals surface area contributed by atoms with Crippen molar-refractivity contribution in [2.45, 2.75) is 19.3 Å². The number of Topliss-reactive ketones (excluding diaryl/α,β-unsaturated/α-hetero) is 1. The first kappa shape index (κ1) is 16.5. The van der Waals surface area contributed by atoms with E-state index in [0.29, 0.717) is 11.0 Å². The topological polar surface area (TPSA) is 67.5 Å². The minimum atomic E-state index is -0.625. The molecule has 4 nitrogen and oxygen atoms in total. The van der Waals surface area contributed by atoms with Gasteiger partial charge in [-0.05, 0) is 36.8 Å². The summed E-state index contributed by atoms with van der Waals surface area (Å²) in [6.45, 7) is 1.46. The van der Waals surface area contributed by atoms with E-state index >= 15 is 0 Å². The molecular formula is C19H15BrO4. The molecule has 0 saturated carbocycles. The molecule has 0 saturated heterocycles. The number of hydrogen-bond acceptors (Lipinski definition) is 4. The first-order valence-electron chi connectivity index (χ1n) is 7.47. The van der Waals surface area contributed by atoms with Crippen LogP contribution in [0.1, 0.15) is 30.4 Å². The van der Waals surface area contributed by atoms with Gasteiger partial charge in [-0.1, -0.05) is 40.2 Å². The second-order valence-electron chi connectivity index (χ2n) is 5.66. The molecule has 122 valence electrons. The Morgan fingerprint density at radius 1 is 1.17 bits per heavy atom. The third-order valence-electron chi connectivity index (χ3n) is 3.93. The van der Waals surface area contributed by atoms with Gasteiger partial charge in [-0.15, -0.1) is 0 Å². The first-order valence-corrected chi connectivity index (χ1v) is 8.26. The fourth-order valence-corrected chi connectivity index (χ4v) is 3.09. The van der Waals surface area contributed by atoms with Gasteiger partial charge in [0.1, 0.15) is 17.1 Å². The fourth-order valence-electron chi connectivity index (χ4n) is 2.82. The Hall–Kier alpha value is -2.40.